The zero-order valence-corrected chi connectivity index (χ0v) is 11.4. The lowest BCUT2D eigenvalue weighted by atomic mass is 10.2. The molecule has 2 aromatic carbocycles. The number of oxime groups is 1. The summed E-state index contributed by atoms with van der Waals surface area (Å²) in [6, 6.07) is 7.52. The summed E-state index contributed by atoms with van der Waals surface area (Å²) in [5.74, 6) is -1.15. The molecule has 0 unspecified atom stereocenters. The number of amidine groups is 1. The van der Waals surface area contributed by atoms with Gasteiger partial charge in [0.05, 0.1) is 5.56 Å². The molecule has 0 spiro atoms. The van der Waals surface area contributed by atoms with E-state index in [4.69, 9.17) is 27.3 Å². The summed E-state index contributed by atoms with van der Waals surface area (Å²) in [4.78, 5) is 0. The van der Waals surface area contributed by atoms with Crippen LogP contribution < -0.4 is 10.5 Å². The number of hydrogen-bond acceptors (Lipinski definition) is 3. The topological polar surface area (TPSA) is 67.8 Å². The third kappa shape index (κ3) is 3.61. The van der Waals surface area contributed by atoms with Crippen molar-refractivity contribution < 1.29 is 18.7 Å². The van der Waals surface area contributed by atoms with E-state index in [1.807, 2.05) is 0 Å². The maximum atomic E-state index is 13.5. The molecule has 0 fully saturated rings. The predicted octanol–water partition coefficient (Wildman–Crippen LogP) is 3.29. The second-order valence-corrected chi connectivity index (χ2v) is 4.59. The van der Waals surface area contributed by atoms with Crippen molar-refractivity contribution >= 4 is 17.4 Å². The van der Waals surface area contributed by atoms with Crippen molar-refractivity contribution in [1.82, 2.24) is 0 Å². The normalized spacial score (nSPS) is 11.5. The Bertz CT molecular complexity index is 693. The summed E-state index contributed by atoms with van der Waals surface area (Å²) < 4.78 is 32.0. The van der Waals surface area contributed by atoms with Crippen LogP contribution in [0.2, 0.25) is 5.02 Å². The molecule has 7 heteroatoms. The van der Waals surface area contributed by atoms with E-state index in [1.54, 1.807) is 0 Å². The standard InChI is InChI=1S/C14H11ClF2N2O2/c15-9-1-3-11(14(18)19-20)13(6-9)21-7-8-5-10(16)2-4-12(8)17/h1-6,20H,7H2,(H2,18,19). The second-order valence-electron chi connectivity index (χ2n) is 4.15. The maximum Gasteiger partial charge on any atom is 0.173 e. The molecular weight excluding hydrogens is 302 g/mol. The average Bonchev–Trinajstić information content (AvgIpc) is 2.47. The van der Waals surface area contributed by atoms with Gasteiger partial charge in [-0.1, -0.05) is 16.8 Å². The third-order valence-electron chi connectivity index (χ3n) is 2.72. The highest BCUT2D eigenvalue weighted by Gasteiger charge is 2.11. The highest BCUT2D eigenvalue weighted by atomic mass is 35.5. The van der Waals surface area contributed by atoms with Crippen molar-refractivity contribution in [3.63, 3.8) is 0 Å². The molecule has 0 aromatic heterocycles. The van der Waals surface area contributed by atoms with Crippen LogP contribution in [-0.2, 0) is 6.61 Å². The van der Waals surface area contributed by atoms with E-state index < -0.39 is 11.6 Å². The number of rotatable bonds is 4. The number of benzene rings is 2. The van der Waals surface area contributed by atoms with Crippen LogP contribution in [0.15, 0.2) is 41.6 Å². The molecule has 3 N–H and O–H groups in total. The minimum atomic E-state index is -0.594. The molecule has 0 saturated carbocycles. The maximum absolute atomic E-state index is 13.5. The fourth-order valence-electron chi connectivity index (χ4n) is 1.69. The van der Waals surface area contributed by atoms with Crippen molar-refractivity contribution in [2.24, 2.45) is 10.9 Å². The fourth-order valence-corrected chi connectivity index (χ4v) is 1.85. The SMILES string of the molecule is N/C(=N/O)c1ccc(Cl)cc1OCc1cc(F)ccc1F. The van der Waals surface area contributed by atoms with Gasteiger partial charge in [-0.05, 0) is 36.4 Å². The molecule has 110 valence electrons. The summed E-state index contributed by atoms with van der Waals surface area (Å²) >= 11 is 5.85. The second kappa shape index (κ2) is 6.41. The number of halogens is 3. The summed E-state index contributed by atoms with van der Waals surface area (Å²) in [5.41, 5.74) is 5.84. The van der Waals surface area contributed by atoms with Gasteiger partial charge in [-0.15, -0.1) is 0 Å². The minimum Gasteiger partial charge on any atom is -0.488 e. The Labute approximate surface area is 124 Å². The molecule has 0 radical (unpaired) electrons. The highest BCUT2D eigenvalue weighted by molar-refractivity contribution is 6.30. The molecule has 0 saturated heterocycles. The zero-order chi connectivity index (χ0) is 15.4. The van der Waals surface area contributed by atoms with E-state index in [1.165, 1.54) is 18.2 Å². The Kier molecular flexibility index (Phi) is 4.59. The van der Waals surface area contributed by atoms with Gasteiger partial charge in [-0.25, -0.2) is 8.78 Å². The van der Waals surface area contributed by atoms with Gasteiger partial charge in [-0.3, -0.25) is 0 Å². The van der Waals surface area contributed by atoms with E-state index >= 15 is 0 Å². The van der Waals surface area contributed by atoms with E-state index in [2.05, 4.69) is 5.16 Å². The number of nitrogens with two attached hydrogens (primary N) is 1. The quantitative estimate of drug-likeness (QED) is 0.394. The Morgan fingerprint density at radius 1 is 1.24 bits per heavy atom. The fraction of sp³-hybridized carbons (Fsp3) is 0.0714. The highest BCUT2D eigenvalue weighted by Crippen LogP contribution is 2.24. The Morgan fingerprint density at radius 3 is 2.71 bits per heavy atom. The smallest absolute Gasteiger partial charge is 0.173 e. The summed E-state index contributed by atoms with van der Waals surface area (Å²) in [5, 5.41) is 11.9. The van der Waals surface area contributed by atoms with E-state index in [-0.39, 0.29) is 23.8 Å². The predicted molar refractivity (Wildman–Crippen MR) is 74.7 cm³/mol. The molecule has 0 aliphatic carbocycles. The van der Waals surface area contributed by atoms with Crippen molar-refractivity contribution in [2.45, 2.75) is 6.61 Å². The van der Waals surface area contributed by atoms with Crippen LogP contribution in [0.25, 0.3) is 0 Å². The molecule has 0 bridgehead atoms. The minimum absolute atomic E-state index is 0.0421. The van der Waals surface area contributed by atoms with Gasteiger partial charge in [-0.2, -0.15) is 0 Å². The van der Waals surface area contributed by atoms with Crippen LogP contribution >= 0.6 is 11.6 Å². The summed E-state index contributed by atoms with van der Waals surface area (Å²) in [6.07, 6.45) is 0. The Morgan fingerprint density at radius 2 is 2.00 bits per heavy atom. The molecule has 2 aromatic rings. The molecule has 0 aliphatic rings. The number of ether oxygens (including phenoxy) is 1. The van der Waals surface area contributed by atoms with E-state index in [0.29, 0.717) is 10.6 Å². The lowest BCUT2D eigenvalue weighted by molar-refractivity contribution is 0.297. The van der Waals surface area contributed by atoms with Gasteiger partial charge in [0.15, 0.2) is 5.84 Å². The van der Waals surface area contributed by atoms with Crippen LogP contribution in [0.3, 0.4) is 0 Å². The van der Waals surface area contributed by atoms with E-state index in [9.17, 15) is 8.78 Å². The number of nitrogens with zero attached hydrogens (tertiary/aromatic N) is 1. The molecule has 0 aliphatic heterocycles. The lowest BCUT2D eigenvalue weighted by Crippen LogP contribution is -2.15. The molecule has 2 rings (SSSR count). The first-order chi connectivity index (χ1) is 10.0. The average molecular weight is 313 g/mol. The molecule has 0 amide bonds. The first kappa shape index (κ1) is 15.1. The first-order valence-electron chi connectivity index (χ1n) is 5.85. The largest absolute Gasteiger partial charge is 0.488 e. The monoisotopic (exact) mass is 312 g/mol. The van der Waals surface area contributed by atoms with Gasteiger partial charge in [0, 0.05) is 10.6 Å². The van der Waals surface area contributed by atoms with Gasteiger partial charge in [0.1, 0.15) is 24.0 Å². The molecular formula is C14H11ClF2N2O2. The van der Waals surface area contributed by atoms with Crippen molar-refractivity contribution in [3.05, 3.63) is 64.2 Å². The third-order valence-corrected chi connectivity index (χ3v) is 2.95. The molecule has 4 nitrogen and oxygen atoms in total. The van der Waals surface area contributed by atoms with Crippen LogP contribution in [0.1, 0.15) is 11.1 Å². The Balaban J connectivity index is 2.27. The van der Waals surface area contributed by atoms with Gasteiger partial charge < -0.3 is 15.7 Å². The first-order valence-corrected chi connectivity index (χ1v) is 6.23. The summed E-state index contributed by atoms with van der Waals surface area (Å²) in [7, 11) is 0. The van der Waals surface area contributed by atoms with Gasteiger partial charge >= 0.3 is 0 Å². The van der Waals surface area contributed by atoms with E-state index in [0.717, 1.165) is 18.2 Å². The summed E-state index contributed by atoms with van der Waals surface area (Å²) in [6.45, 7) is -0.227. The molecule has 21 heavy (non-hydrogen) atoms. The van der Waals surface area contributed by atoms with Crippen LogP contribution in [0.5, 0.6) is 5.75 Å². The van der Waals surface area contributed by atoms with Crippen molar-refractivity contribution in [1.29, 1.82) is 0 Å². The van der Waals surface area contributed by atoms with Gasteiger partial charge in [0.25, 0.3) is 0 Å². The van der Waals surface area contributed by atoms with Crippen LogP contribution in [0.4, 0.5) is 8.78 Å². The van der Waals surface area contributed by atoms with Crippen molar-refractivity contribution in [3.8, 4) is 5.75 Å². The Hall–Kier alpha value is -2.34. The van der Waals surface area contributed by atoms with Crippen molar-refractivity contribution in [2.75, 3.05) is 0 Å². The van der Waals surface area contributed by atoms with Crippen LogP contribution in [-0.4, -0.2) is 11.0 Å². The molecule has 0 atom stereocenters. The molecule has 0 heterocycles. The lowest BCUT2D eigenvalue weighted by Gasteiger charge is -2.11. The zero-order valence-electron chi connectivity index (χ0n) is 10.7. The van der Waals surface area contributed by atoms with Crippen LogP contribution in [0, 0.1) is 11.6 Å². The van der Waals surface area contributed by atoms with Gasteiger partial charge in [0.2, 0.25) is 0 Å². The number of hydrogen-bond donors (Lipinski definition) is 2.